The fraction of sp³-hybridized carbons (Fsp3) is 0.105. The quantitative estimate of drug-likeness (QED) is 0.0574. The molecule has 0 bridgehead atoms. The number of rotatable bonds is 10. The number of aromatic nitrogens is 4. The number of carbonyl (C=O) groups excluding carboxylic acids is 2. The van der Waals surface area contributed by atoms with Crippen LogP contribution >= 0.6 is 92.8 Å². The maximum Gasteiger partial charge on any atom is 0.417 e. The van der Waals surface area contributed by atoms with Crippen molar-refractivity contribution >= 4 is 136 Å². The molecule has 6 rings (SSSR count). The molecule has 4 aromatic heterocycles. The molecular weight excluding hydrogens is 1130 g/mol. The number of benzene rings is 2. The van der Waals surface area contributed by atoms with Crippen LogP contribution in [-0.4, -0.2) is 67.7 Å². The summed E-state index contributed by atoms with van der Waals surface area (Å²) in [5.74, 6) is -1.65. The van der Waals surface area contributed by atoms with E-state index in [9.17, 15) is 52.8 Å². The summed E-state index contributed by atoms with van der Waals surface area (Å²) in [6.07, 6.45) is -4.78. The first kappa shape index (κ1) is 56.1. The van der Waals surface area contributed by atoms with Gasteiger partial charge in [0.1, 0.15) is 16.0 Å². The SMILES string of the molecule is CON(C)C(=O)c1ncc(Cl)cc1NS(=O)(=O)c1ccc(Cl)c(C(F)(F)F)c1.Clc1cccnc1Cl.O=C(c1ccnc(Cl)c1Cl)c1ncc(Cl)cc1NS(=O)(=O)c1ccc(Cl)c(C(F)(F)F)c1. The molecule has 14 nitrogen and oxygen atoms in total. The van der Waals surface area contributed by atoms with Crippen molar-refractivity contribution < 1.29 is 57.6 Å². The van der Waals surface area contributed by atoms with E-state index in [1.165, 1.54) is 26.4 Å². The Hall–Kier alpha value is -4.46. The average molecular weight is 1150 g/mol. The van der Waals surface area contributed by atoms with Crippen molar-refractivity contribution in [2.45, 2.75) is 22.1 Å². The first-order valence-electron chi connectivity index (χ1n) is 17.5. The van der Waals surface area contributed by atoms with Crippen molar-refractivity contribution in [1.29, 1.82) is 0 Å². The highest BCUT2D eigenvalue weighted by Crippen LogP contribution is 2.38. The summed E-state index contributed by atoms with van der Waals surface area (Å²) in [4.78, 5) is 43.5. The third kappa shape index (κ3) is 14.5. The van der Waals surface area contributed by atoms with E-state index in [2.05, 4.69) is 19.9 Å². The van der Waals surface area contributed by atoms with Gasteiger partial charge in [0.25, 0.3) is 26.0 Å². The molecule has 0 unspecified atom stereocenters. The summed E-state index contributed by atoms with van der Waals surface area (Å²) in [6, 6.07) is 10.9. The van der Waals surface area contributed by atoms with Gasteiger partial charge >= 0.3 is 12.4 Å². The van der Waals surface area contributed by atoms with E-state index in [4.69, 9.17) is 97.6 Å². The van der Waals surface area contributed by atoms with Gasteiger partial charge in [-0.25, -0.2) is 41.8 Å². The molecule has 2 aromatic carbocycles. The van der Waals surface area contributed by atoms with E-state index in [1.807, 2.05) is 9.44 Å². The normalized spacial score (nSPS) is 11.6. The summed E-state index contributed by atoms with van der Waals surface area (Å²) < 4.78 is 133. The molecule has 2 N–H and O–H groups in total. The minimum atomic E-state index is -4.89. The van der Waals surface area contributed by atoms with Crippen LogP contribution in [0.2, 0.25) is 40.4 Å². The summed E-state index contributed by atoms with van der Waals surface area (Å²) >= 11 is 45.5. The fourth-order valence-electron chi connectivity index (χ4n) is 4.89. The van der Waals surface area contributed by atoms with Crippen molar-refractivity contribution in [2.24, 2.45) is 0 Å². The third-order valence-electron chi connectivity index (χ3n) is 8.09. The topological polar surface area (TPSA) is 191 Å². The molecule has 0 saturated heterocycles. The number of hydrogen-bond donors (Lipinski definition) is 2. The molecule has 0 atom stereocenters. The van der Waals surface area contributed by atoms with Gasteiger partial charge in [0.2, 0.25) is 5.78 Å². The van der Waals surface area contributed by atoms with Crippen LogP contribution < -0.4 is 9.44 Å². The van der Waals surface area contributed by atoms with Crippen molar-refractivity contribution in [3.05, 3.63) is 160 Å². The van der Waals surface area contributed by atoms with Gasteiger partial charge in [-0.15, -0.1) is 0 Å². The number of nitrogens with zero attached hydrogens (tertiary/aromatic N) is 5. The van der Waals surface area contributed by atoms with E-state index in [0.717, 1.165) is 53.9 Å². The zero-order chi connectivity index (χ0) is 51.1. The molecule has 0 aliphatic heterocycles. The van der Waals surface area contributed by atoms with Gasteiger partial charge in [0, 0.05) is 37.4 Å². The Morgan fingerprint density at radius 3 is 1.49 bits per heavy atom. The van der Waals surface area contributed by atoms with Crippen LogP contribution in [0.5, 0.6) is 0 Å². The molecule has 0 aliphatic carbocycles. The number of carbonyl (C=O) groups is 2. The molecule has 68 heavy (non-hydrogen) atoms. The van der Waals surface area contributed by atoms with Crippen LogP contribution in [0.3, 0.4) is 0 Å². The number of ketones is 1. The van der Waals surface area contributed by atoms with Crippen LogP contribution in [0.4, 0.5) is 37.7 Å². The van der Waals surface area contributed by atoms with E-state index in [1.54, 1.807) is 18.3 Å². The highest BCUT2D eigenvalue weighted by Gasteiger charge is 2.36. The van der Waals surface area contributed by atoms with Crippen LogP contribution in [0.25, 0.3) is 0 Å². The molecule has 0 radical (unpaired) electrons. The molecule has 0 spiro atoms. The first-order chi connectivity index (χ1) is 31.5. The van der Waals surface area contributed by atoms with Crippen LogP contribution in [0.15, 0.2) is 101 Å². The van der Waals surface area contributed by atoms with E-state index in [-0.39, 0.29) is 37.2 Å². The molecule has 362 valence electrons. The second-order valence-electron chi connectivity index (χ2n) is 12.6. The van der Waals surface area contributed by atoms with E-state index in [0.29, 0.717) is 22.3 Å². The predicted molar refractivity (Wildman–Crippen MR) is 244 cm³/mol. The summed E-state index contributed by atoms with van der Waals surface area (Å²) in [7, 11) is -6.70. The minimum absolute atomic E-state index is 0.0126. The zero-order valence-corrected chi connectivity index (χ0v) is 41.0. The Morgan fingerprint density at radius 2 is 1.06 bits per heavy atom. The Labute approximate surface area is 421 Å². The number of nitrogens with one attached hydrogen (secondary N) is 2. The highest BCUT2D eigenvalue weighted by atomic mass is 35.5. The van der Waals surface area contributed by atoms with Gasteiger partial charge in [-0.3, -0.25) is 23.9 Å². The third-order valence-corrected chi connectivity index (χ3v) is 13.4. The molecule has 30 heteroatoms. The van der Waals surface area contributed by atoms with Crippen LogP contribution in [0, 0.1) is 0 Å². The number of halogens is 14. The van der Waals surface area contributed by atoms with Crippen molar-refractivity contribution in [3.63, 3.8) is 0 Å². The zero-order valence-electron chi connectivity index (χ0n) is 33.4. The lowest BCUT2D eigenvalue weighted by atomic mass is 10.1. The van der Waals surface area contributed by atoms with Gasteiger partial charge in [0.15, 0.2) is 5.69 Å². The lowest BCUT2D eigenvalue weighted by Crippen LogP contribution is -2.28. The second-order valence-corrected chi connectivity index (χ2v) is 19.2. The van der Waals surface area contributed by atoms with Gasteiger partial charge in [-0.2, -0.15) is 26.3 Å². The Kier molecular flexibility index (Phi) is 19.0. The summed E-state index contributed by atoms with van der Waals surface area (Å²) in [5, 5.41) is -0.144. The summed E-state index contributed by atoms with van der Waals surface area (Å²) in [5.41, 5.74) is -4.33. The second kappa shape index (κ2) is 23.0. The van der Waals surface area contributed by atoms with Gasteiger partial charge < -0.3 is 0 Å². The smallest absolute Gasteiger partial charge is 0.287 e. The van der Waals surface area contributed by atoms with E-state index >= 15 is 0 Å². The first-order valence-corrected chi connectivity index (χ1v) is 23.5. The molecule has 0 saturated carbocycles. The molecule has 4 heterocycles. The largest absolute Gasteiger partial charge is 0.417 e. The predicted octanol–water partition coefficient (Wildman–Crippen LogP) is 12.4. The lowest BCUT2D eigenvalue weighted by molar-refractivity contribution is -0.138. The van der Waals surface area contributed by atoms with Crippen LogP contribution in [0.1, 0.15) is 37.7 Å². The van der Waals surface area contributed by atoms with E-state index < -0.39 is 86.4 Å². The maximum absolute atomic E-state index is 13.1. The standard InChI is InChI=1S/C18H8Cl4F3N3O3S.C15H12Cl2F3N3O4S.C5H3Cl2N/c19-8-5-13(15(27-7-8)16(29)10-3-4-26-17(22)14(10)21)28-32(30,31)9-1-2-12(20)11(6-9)18(23,24)25;1-23(27-2)14(24)13-12(5-8(16)7-21-13)22-28(25,26)9-3-4-11(17)10(6-9)15(18,19)20;6-4-2-1-3-8-5(4)7/h1-7,28H;3-7,22H,1-2H3;1-3H. The Balaban J connectivity index is 0.000000256. The van der Waals surface area contributed by atoms with Crippen molar-refractivity contribution in [2.75, 3.05) is 23.6 Å². The van der Waals surface area contributed by atoms with Crippen LogP contribution in [-0.2, 0) is 37.2 Å². The van der Waals surface area contributed by atoms with Crippen molar-refractivity contribution in [3.8, 4) is 0 Å². The molecular formula is C38H23Cl8F6N7O7S2. The number of hydroxylamine groups is 2. The average Bonchev–Trinajstić information content (AvgIpc) is 3.24. The minimum Gasteiger partial charge on any atom is -0.287 e. The lowest BCUT2D eigenvalue weighted by Gasteiger charge is -2.17. The molecule has 0 aliphatic rings. The maximum atomic E-state index is 13.1. The molecule has 1 amide bonds. The molecule has 0 fully saturated rings. The number of amides is 1. The number of anilines is 2. The Morgan fingerprint density at radius 1 is 0.603 bits per heavy atom. The number of hydrogen-bond acceptors (Lipinski definition) is 11. The number of sulfonamides is 2. The molecule has 6 aromatic rings. The number of pyridine rings is 4. The number of alkyl halides is 6. The fourth-order valence-corrected chi connectivity index (χ4v) is 8.42. The Bertz CT molecular complexity index is 3090. The van der Waals surface area contributed by atoms with Gasteiger partial charge in [-0.1, -0.05) is 92.8 Å². The van der Waals surface area contributed by atoms with Crippen molar-refractivity contribution in [1.82, 2.24) is 25.0 Å². The van der Waals surface area contributed by atoms with Gasteiger partial charge in [-0.05, 0) is 66.7 Å². The highest BCUT2D eigenvalue weighted by molar-refractivity contribution is 7.93. The van der Waals surface area contributed by atoms with Gasteiger partial charge in [0.05, 0.1) is 69.5 Å². The summed E-state index contributed by atoms with van der Waals surface area (Å²) in [6.45, 7) is 0. The monoisotopic (exact) mass is 1150 g/mol.